The number of carbonyl (C=O) groups is 1. The highest BCUT2D eigenvalue weighted by atomic mass is 79.9. The zero-order valence-corrected chi connectivity index (χ0v) is 12.9. The van der Waals surface area contributed by atoms with Gasteiger partial charge in [0.2, 0.25) is 5.89 Å². The molecule has 3 aromatic rings. The fourth-order valence-corrected chi connectivity index (χ4v) is 2.11. The first-order valence-electron chi connectivity index (χ1n) is 6.38. The van der Waals surface area contributed by atoms with Crippen molar-refractivity contribution in [1.29, 1.82) is 0 Å². The summed E-state index contributed by atoms with van der Waals surface area (Å²) in [6.07, 6.45) is 3.01. The molecule has 22 heavy (non-hydrogen) atoms. The van der Waals surface area contributed by atoms with Crippen LogP contribution in [0.5, 0.6) is 0 Å². The highest BCUT2D eigenvalue weighted by molar-refractivity contribution is 9.10. The molecule has 0 N–H and O–H groups in total. The summed E-state index contributed by atoms with van der Waals surface area (Å²) in [7, 11) is 0. The molecule has 2 heterocycles. The van der Waals surface area contributed by atoms with E-state index in [0.29, 0.717) is 15.9 Å². The Labute approximate surface area is 134 Å². The van der Waals surface area contributed by atoms with Crippen LogP contribution in [0.15, 0.2) is 57.7 Å². The van der Waals surface area contributed by atoms with Crippen LogP contribution in [-0.2, 0) is 11.3 Å². The lowest BCUT2D eigenvalue weighted by Crippen LogP contribution is -2.05. The van der Waals surface area contributed by atoms with Crippen molar-refractivity contribution < 1.29 is 13.9 Å². The van der Waals surface area contributed by atoms with Gasteiger partial charge in [-0.25, -0.2) is 4.79 Å². The zero-order chi connectivity index (χ0) is 15.4. The normalized spacial score (nSPS) is 10.4. The van der Waals surface area contributed by atoms with Gasteiger partial charge in [0, 0.05) is 22.4 Å². The molecule has 0 bridgehead atoms. The molecule has 0 aliphatic rings. The van der Waals surface area contributed by atoms with Crippen molar-refractivity contribution >= 4 is 21.9 Å². The number of halogens is 1. The van der Waals surface area contributed by atoms with E-state index in [-0.39, 0.29) is 12.5 Å². The molecule has 110 valence electrons. The quantitative estimate of drug-likeness (QED) is 0.665. The minimum Gasteiger partial charge on any atom is -0.452 e. The van der Waals surface area contributed by atoms with Crippen molar-refractivity contribution in [1.82, 2.24) is 15.2 Å². The third-order valence-corrected chi connectivity index (χ3v) is 3.19. The van der Waals surface area contributed by atoms with Crippen LogP contribution in [-0.4, -0.2) is 21.2 Å². The molecule has 0 saturated carbocycles. The maximum atomic E-state index is 11.9. The monoisotopic (exact) mass is 359 g/mol. The number of hydrogen-bond donors (Lipinski definition) is 0. The molecule has 0 fully saturated rings. The van der Waals surface area contributed by atoms with Crippen molar-refractivity contribution in [2.24, 2.45) is 0 Å². The Balaban J connectivity index is 1.65. The summed E-state index contributed by atoms with van der Waals surface area (Å²) in [5.74, 6) is 0.110. The first-order valence-corrected chi connectivity index (χ1v) is 7.17. The molecule has 0 saturated heterocycles. The second-order valence-corrected chi connectivity index (χ2v) is 5.25. The van der Waals surface area contributed by atoms with Gasteiger partial charge in [0.05, 0.1) is 5.56 Å². The van der Waals surface area contributed by atoms with Crippen LogP contribution in [0.2, 0.25) is 0 Å². The van der Waals surface area contributed by atoms with E-state index < -0.39 is 5.97 Å². The van der Waals surface area contributed by atoms with Crippen molar-refractivity contribution in [3.05, 3.63) is 64.7 Å². The minimum atomic E-state index is -0.506. The lowest BCUT2D eigenvalue weighted by Gasteiger charge is -2.01. The summed E-state index contributed by atoms with van der Waals surface area (Å²) in [5.41, 5.74) is 1.15. The maximum Gasteiger partial charge on any atom is 0.340 e. The molecule has 7 heteroatoms. The number of ether oxygens (including phenoxy) is 1. The standard InChI is InChI=1S/C15H10BrN3O3/c16-12-6-11(7-17-8-12)15(20)21-9-13-18-19-14(22-13)10-4-2-1-3-5-10/h1-8H,9H2. The molecule has 2 aromatic heterocycles. The van der Waals surface area contributed by atoms with Gasteiger partial charge in [-0.3, -0.25) is 4.98 Å². The van der Waals surface area contributed by atoms with Crippen LogP contribution in [0.25, 0.3) is 11.5 Å². The second-order valence-electron chi connectivity index (χ2n) is 4.33. The van der Waals surface area contributed by atoms with Crippen LogP contribution >= 0.6 is 15.9 Å². The molecular weight excluding hydrogens is 350 g/mol. The number of nitrogens with zero attached hydrogens (tertiary/aromatic N) is 3. The molecule has 0 atom stereocenters. The molecule has 0 spiro atoms. The third kappa shape index (κ3) is 3.37. The van der Waals surface area contributed by atoms with E-state index in [2.05, 4.69) is 31.1 Å². The van der Waals surface area contributed by atoms with Crippen molar-refractivity contribution in [2.45, 2.75) is 6.61 Å². The fourth-order valence-electron chi connectivity index (χ4n) is 1.74. The molecule has 0 aliphatic heterocycles. The van der Waals surface area contributed by atoms with Gasteiger partial charge in [0.25, 0.3) is 5.89 Å². The number of esters is 1. The van der Waals surface area contributed by atoms with Gasteiger partial charge in [-0.05, 0) is 34.1 Å². The van der Waals surface area contributed by atoms with Crippen LogP contribution in [0, 0.1) is 0 Å². The van der Waals surface area contributed by atoms with E-state index in [9.17, 15) is 4.79 Å². The highest BCUT2D eigenvalue weighted by Gasteiger charge is 2.12. The smallest absolute Gasteiger partial charge is 0.340 e. The van der Waals surface area contributed by atoms with Crippen molar-refractivity contribution in [3.63, 3.8) is 0 Å². The third-order valence-electron chi connectivity index (χ3n) is 2.75. The Kier molecular flexibility index (Phi) is 4.24. The lowest BCUT2D eigenvalue weighted by atomic mass is 10.2. The minimum absolute atomic E-state index is 0.0921. The predicted molar refractivity (Wildman–Crippen MR) is 80.8 cm³/mol. The van der Waals surface area contributed by atoms with Gasteiger partial charge >= 0.3 is 5.97 Å². The van der Waals surface area contributed by atoms with Gasteiger partial charge in [0.1, 0.15) is 0 Å². The van der Waals surface area contributed by atoms with E-state index in [0.717, 1.165) is 5.56 Å². The Morgan fingerprint density at radius 1 is 1.18 bits per heavy atom. The summed E-state index contributed by atoms with van der Waals surface area (Å²) in [6.45, 7) is -0.0921. The van der Waals surface area contributed by atoms with Crippen molar-refractivity contribution in [2.75, 3.05) is 0 Å². The number of pyridine rings is 1. The number of hydrogen-bond acceptors (Lipinski definition) is 6. The Bertz CT molecular complexity index is 789. The molecule has 3 rings (SSSR count). The molecular formula is C15H10BrN3O3. The summed E-state index contributed by atoms with van der Waals surface area (Å²) >= 11 is 3.24. The van der Waals surface area contributed by atoms with E-state index in [1.54, 1.807) is 12.3 Å². The van der Waals surface area contributed by atoms with Gasteiger partial charge in [-0.1, -0.05) is 18.2 Å². The Morgan fingerprint density at radius 3 is 2.77 bits per heavy atom. The second kappa shape index (κ2) is 6.48. The lowest BCUT2D eigenvalue weighted by molar-refractivity contribution is 0.0438. The topological polar surface area (TPSA) is 78.1 Å². The average Bonchev–Trinajstić information content (AvgIpc) is 3.02. The number of benzene rings is 1. The first-order chi connectivity index (χ1) is 10.7. The van der Waals surface area contributed by atoms with Crippen LogP contribution in [0.4, 0.5) is 0 Å². The summed E-state index contributed by atoms with van der Waals surface area (Å²) in [6, 6.07) is 11.0. The predicted octanol–water partition coefficient (Wildman–Crippen LogP) is 3.25. The first kappa shape index (κ1) is 14.4. The van der Waals surface area contributed by atoms with Gasteiger partial charge in [-0.2, -0.15) is 0 Å². The Morgan fingerprint density at radius 2 is 2.00 bits per heavy atom. The molecule has 0 amide bonds. The summed E-state index contributed by atoms with van der Waals surface area (Å²) in [4.78, 5) is 15.8. The fraction of sp³-hybridized carbons (Fsp3) is 0.0667. The van der Waals surface area contributed by atoms with Gasteiger partial charge in [-0.15, -0.1) is 10.2 Å². The highest BCUT2D eigenvalue weighted by Crippen LogP contribution is 2.17. The van der Waals surface area contributed by atoms with Gasteiger partial charge in [0.15, 0.2) is 6.61 Å². The number of rotatable bonds is 4. The van der Waals surface area contributed by atoms with E-state index in [1.807, 2.05) is 30.3 Å². The molecule has 6 nitrogen and oxygen atoms in total. The zero-order valence-electron chi connectivity index (χ0n) is 11.3. The number of carbonyl (C=O) groups excluding carboxylic acids is 1. The molecule has 1 aromatic carbocycles. The largest absolute Gasteiger partial charge is 0.452 e. The Hall–Kier alpha value is -2.54. The van der Waals surface area contributed by atoms with Crippen LogP contribution in [0.1, 0.15) is 16.2 Å². The van der Waals surface area contributed by atoms with Gasteiger partial charge < -0.3 is 9.15 Å². The maximum absolute atomic E-state index is 11.9. The van der Waals surface area contributed by atoms with E-state index in [4.69, 9.17) is 9.15 Å². The SMILES string of the molecule is O=C(OCc1nnc(-c2ccccc2)o1)c1cncc(Br)c1. The summed E-state index contributed by atoms with van der Waals surface area (Å²) in [5, 5.41) is 7.78. The number of aromatic nitrogens is 3. The summed E-state index contributed by atoms with van der Waals surface area (Å²) < 4.78 is 11.3. The molecule has 0 unspecified atom stereocenters. The van der Waals surface area contributed by atoms with Crippen LogP contribution in [0.3, 0.4) is 0 Å². The molecule has 0 aliphatic carbocycles. The molecule has 0 radical (unpaired) electrons. The van der Waals surface area contributed by atoms with E-state index in [1.165, 1.54) is 6.20 Å². The van der Waals surface area contributed by atoms with E-state index >= 15 is 0 Å². The average molecular weight is 360 g/mol. The van der Waals surface area contributed by atoms with Crippen LogP contribution < -0.4 is 0 Å². The van der Waals surface area contributed by atoms with Crippen molar-refractivity contribution in [3.8, 4) is 11.5 Å².